The fourth-order valence-electron chi connectivity index (χ4n) is 3.15. The fraction of sp³-hybridized carbons (Fsp3) is 0.208. The van der Waals surface area contributed by atoms with Gasteiger partial charge in [-0.05, 0) is 12.0 Å². The van der Waals surface area contributed by atoms with Gasteiger partial charge >= 0.3 is 5.97 Å². The molecule has 0 saturated heterocycles. The Bertz CT molecular complexity index is 1220. The second-order valence-corrected chi connectivity index (χ2v) is 8.15. The molecule has 3 rings (SSSR count). The number of aromatic amines is 1. The molecule has 0 aliphatic carbocycles. The van der Waals surface area contributed by atoms with Crippen molar-refractivity contribution in [1.82, 2.24) is 15.3 Å². The molecule has 0 unspecified atom stereocenters. The first-order chi connectivity index (χ1) is 16.0. The Kier molecular flexibility index (Phi) is 8.00. The fourth-order valence-corrected chi connectivity index (χ4v) is 4.06. The van der Waals surface area contributed by atoms with E-state index >= 15 is 0 Å². The van der Waals surface area contributed by atoms with Crippen molar-refractivity contribution in [3.8, 4) is 17.3 Å². The molecule has 2 atom stereocenters. The second-order valence-electron chi connectivity index (χ2n) is 6.96. The van der Waals surface area contributed by atoms with E-state index in [0.717, 1.165) is 11.8 Å². The van der Waals surface area contributed by atoms with E-state index in [-0.39, 0.29) is 16.4 Å². The highest BCUT2D eigenvalue weighted by molar-refractivity contribution is 8.00. The lowest BCUT2D eigenvalue weighted by Gasteiger charge is -2.20. The third-order valence-corrected chi connectivity index (χ3v) is 6.08. The zero-order valence-corrected chi connectivity index (χ0v) is 18.9. The summed E-state index contributed by atoms with van der Waals surface area (Å²) in [5.74, 6) is -0.999. The predicted octanol–water partition coefficient (Wildman–Crippen LogP) is 3.21. The Labute approximate surface area is 195 Å². The van der Waals surface area contributed by atoms with Crippen LogP contribution in [0.5, 0.6) is 0 Å². The number of benzene rings is 2. The van der Waals surface area contributed by atoms with Crippen molar-refractivity contribution < 1.29 is 14.3 Å². The lowest BCUT2D eigenvalue weighted by Crippen LogP contribution is -2.39. The molecular formula is C24H22N4O4S. The van der Waals surface area contributed by atoms with Gasteiger partial charge in [-0.1, -0.05) is 79.3 Å². The number of esters is 1. The molecule has 0 aliphatic heterocycles. The molecular weight excluding hydrogens is 440 g/mol. The first-order valence-electron chi connectivity index (χ1n) is 10.2. The minimum absolute atomic E-state index is 0.0992. The molecule has 1 amide bonds. The summed E-state index contributed by atoms with van der Waals surface area (Å²) in [6, 6.07) is 18.6. The maximum absolute atomic E-state index is 13.0. The number of H-pyrrole nitrogens is 1. The standard InChI is InChI=1S/C24H22N4O4S/c1-3-18(22(30)26-20(23(31)32-2)16-12-8-5-9-13-16)33-24-27-19(15-10-6-4-7-11-15)17(14-25)21(29)28-24/h4-13,18,20H,3H2,1-2H3,(H,26,30)(H,27,28,29)/t18-,20-/m1/s1. The zero-order valence-electron chi connectivity index (χ0n) is 18.1. The number of rotatable bonds is 8. The second kappa shape index (κ2) is 11.1. The van der Waals surface area contributed by atoms with E-state index in [4.69, 9.17) is 4.74 Å². The van der Waals surface area contributed by atoms with Crippen LogP contribution in [0.1, 0.15) is 30.5 Å². The number of nitrogens with zero attached hydrogens (tertiary/aromatic N) is 2. The molecule has 9 heteroatoms. The van der Waals surface area contributed by atoms with Gasteiger partial charge in [-0.25, -0.2) is 9.78 Å². The first-order valence-corrected chi connectivity index (χ1v) is 11.1. The number of carbonyl (C=O) groups is 2. The lowest BCUT2D eigenvalue weighted by atomic mass is 10.1. The number of hydrogen-bond acceptors (Lipinski definition) is 7. The summed E-state index contributed by atoms with van der Waals surface area (Å²) in [5.41, 5.74) is 0.776. The summed E-state index contributed by atoms with van der Waals surface area (Å²) in [6.45, 7) is 1.81. The molecule has 0 fully saturated rings. The molecule has 1 aromatic heterocycles. The molecule has 2 N–H and O–H groups in total. The van der Waals surface area contributed by atoms with E-state index in [1.54, 1.807) is 48.5 Å². The first kappa shape index (κ1) is 23.8. The van der Waals surface area contributed by atoms with Gasteiger partial charge in [0.1, 0.15) is 11.6 Å². The molecule has 0 saturated carbocycles. The molecule has 33 heavy (non-hydrogen) atoms. The molecule has 168 valence electrons. The van der Waals surface area contributed by atoms with Gasteiger partial charge in [0.15, 0.2) is 11.2 Å². The number of nitrogens with one attached hydrogen (secondary N) is 2. The number of hydrogen-bond donors (Lipinski definition) is 2. The Hall–Kier alpha value is -3.90. The van der Waals surface area contributed by atoms with Crippen molar-refractivity contribution in [2.24, 2.45) is 0 Å². The molecule has 2 aromatic carbocycles. The van der Waals surface area contributed by atoms with E-state index in [9.17, 15) is 19.6 Å². The van der Waals surface area contributed by atoms with Crippen molar-refractivity contribution in [3.63, 3.8) is 0 Å². The Morgan fingerprint density at radius 2 is 1.79 bits per heavy atom. The van der Waals surface area contributed by atoms with Gasteiger partial charge in [0.25, 0.3) is 5.56 Å². The van der Waals surface area contributed by atoms with Gasteiger partial charge in [0.2, 0.25) is 5.91 Å². The number of carbonyl (C=O) groups excluding carboxylic acids is 2. The predicted molar refractivity (Wildman–Crippen MR) is 124 cm³/mol. The molecule has 8 nitrogen and oxygen atoms in total. The van der Waals surface area contributed by atoms with Crippen LogP contribution in [0, 0.1) is 11.3 Å². The number of amides is 1. The van der Waals surface area contributed by atoms with E-state index in [0.29, 0.717) is 17.5 Å². The SMILES string of the molecule is CC[C@@H](Sc1nc(-c2ccccc2)c(C#N)c(=O)[nH]1)C(=O)N[C@@H](C(=O)OC)c1ccccc1. The van der Waals surface area contributed by atoms with Crippen LogP contribution in [0.25, 0.3) is 11.3 Å². The average molecular weight is 463 g/mol. The van der Waals surface area contributed by atoms with Crippen molar-refractivity contribution in [2.45, 2.75) is 29.8 Å². The number of methoxy groups -OCH3 is 1. The number of ether oxygens (including phenoxy) is 1. The third kappa shape index (κ3) is 5.67. The van der Waals surface area contributed by atoms with Crippen LogP contribution >= 0.6 is 11.8 Å². The molecule has 1 heterocycles. The maximum Gasteiger partial charge on any atom is 0.333 e. The summed E-state index contributed by atoms with van der Waals surface area (Å²) >= 11 is 1.06. The van der Waals surface area contributed by atoms with Crippen LogP contribution in [-0.2, 0) is 14.3 Å². The molecule has 0 radical (unpaired) electrons. The van der Waals surface area contributed by atoms with E-state index in [1.807, 2.05) is 25.1 Å². The number of nitriles is 1. The van der Waals surface area contributed by atoms with Crippen LogP contribution in [0.2, 0.25) is 0 Å². The normalized spacial score (nSPS) is 12.3. The van der Waals surface area contributed by atoms with Crippen LogP contribution in [0.3, 0.4) is 0 Å². The highest BCUT2D eigenvalue weighted by atomic mass is 32.2. The monoisotopic (exact) mass is 462 g/mol. The third-order valence-electron chi connectivity index (χ3n) is 4.83. The Balaban J connectivity index is 1.88. The van der Waals surface area contributed by atoms with Gasteiger partial charge in [-0.15, -0.1) is 0 Å². The van der Waals surface area contributed by atoms with E-state index < -0.39 is 28.7 Å². The van der Waals surface area contributed by atoms with Gasteiger partial charge in [0.05, 0.1) is 18.1 Å². The summed E-state index contributed by atoms with van der Waals surface area (Å²) in [4.78, 5) is 44.9. The van der Waals surface area contributed by atoms with Gasteiger partial charge < -0.3 is 15.0 Å². The highest BCUT2D eigenvalue weighted by Crippen LogP contribution is 2.26. The summed E-state index contributed by atoms with van der Waals surface area (Å²) in [7, 11) is 1.26. The minimum atomic E-state index is -0.966. The van der Waals surface area contributed by atoms with E-state index in [2.05, 4.69) is 15.3 Å². The average Bonchev–Trinajstić information content (AvgIpc) is 2.85. The van der Waals surface area contributed by atoms with Crippen molar-refractivity contribution in [2.75, 3.05) is 7.11 Å². The molecule has 0 spiro atoms. The van der Waals surface area contributed by atoms with Crippen LogP contribution in [-0.4, -0.2) is 34.2 Å². The Morgan fingerprint density at radius 3 is 2.36 bits per heavy atom. The van der Waals surface area contributed by atoms with Crippen LogP contribution < -0.4 is 10.9 Å². The quantitative estimate of drug-likeness (QED) is 0.299. The highest BCUT2D eigenvalue weighted by Gasteiger charge is 2.28. The van der Waals surface area contributed by atoms with Gasteiger partial charge in [-0.3, -0.25) is 9.59 Å². The number of aromatic nitrogens is 2. The lowest BCUT2D eigenvalue weighted by molar-refractivity contribution is -0.145. The topological polar surface area (TPSA) is 125 Å². The molecule has 0 aliphatic rings. The largest absolute Gasteiger partial charge is 0.467 e. The summed E-state index contributed by atoms with van der Waals surface area (Å²) in [6.07, 6.45) is 0.406. The van der Waals surface area contributed by atoms with E-state index in [1.165, 1.54) is 7.11 Å². The van der Waals surface area contributed by atoms with Gasteiger partial charge in [0, 0.05) is 5.56 Å². The summed E-state index contributed by atoms with van der Waals surface area (Å²) in [5, 5.41) is 11.7. The van der Waals surface area contributed by atoms with Crippen LogP contribution in [0.15, 0.2) is 70.6 Å². The van der Waals surface area contributed by atoms with Crippen molar-refractivity contribution >= 4 is 23.6 Å². The minimum Gasteiger partial charge on any atom is -0.467 e. The maximum atomic E-state index is 13.0. The summed E-state index contributed by atoms with van der Waals surface area (Å²) < 4.78 is 4.85. The van der Waals surface area contributed by atoms with Gasteiger partial charge in [-0.2, -0.15) is 5.26 Å². The van der Waals surface area contributed by atoms with Crippen LogP contribution in [0.4, 0.5) is 0 Å². The van der Waals surface area contributed by atoms with Crippen molar-refractivity contribution in [1.29, 1.82) is 5.26 Å². The van der Waals surface area contributed by atoms with Crippen molar-refractivity contribution in [3.05, 3.63) is 82.1 Å². The molecule has 3 aromatic rings. The molecule has 0 bridgehead atoms. The number of thioether (sulfide) groups is 1. The zero-order chi connectivity index (χ0) is 23.8. The Morgan fingerprint density at radius 1 is 1.15 bits per heavy atom. The smallest absolute Gasteiger partial charge is 0.333 e.